The quantitative estimate of drug-likeness (QED) is 0.468. The van der Waals surface area contributed by atoms with Gasteiger partial charge in [-0.15, -0.1) is 0 Å². The maximum atomic E-state index is 6.00. The normalized spacial score (nSPS) is 18.4. The Morgan fingerprint density at radius 2 is 1.72 bits per heavy atom. The van der Waals surface area contributed by atoms with Gasteiger partial charge in [0.25, 0.3) is 0 Å². The maximum absolute atomic E-state index is 6.00. The van der Waals surface area contributed by atoms with Crippen molar-refractivity contribution in [3.63, 3.8) is 0 Å². The zero-order chi connectivity index (χ0) is 22.8. The minimum atomic E-state index is 0.473. The Balaban J connectivity index is 1.64. The van der Waals surface area contributed by atoms with Crippen molar-refractivity contribution in [2.24, 2.45) is 11.8 Å². The Bertz CT molecular complexity index is 797. The molecule has 32 heavy (non-hydrogen) atoms. The minimum Gasteiger partial charge on any atom is -0.493 e. The van der Waals surface area contributed by atoms with Crippen LogP contribution in [0.5, 0.6) is 11.5 Å². The van der Waals surface area contributed by atoms with Crippen molar-refractivity contribution in [1.29, 1.82) is 0 Å². The largest absolute Gasteiger partial charge is 0.493 e. The van der Waals surface area contributed by atoms with Crippen LogP contribution in [0, 0.1) is 11.8 Å². The standard InChI is InChI=1S/C27H40N2O3/c1-21(2)29(20-25-18-28-17-24(25)15-22-9-6-5-7-10-22)19-23-11-12-26(31-4)27(16-23)32-14-8-13-30-3/h5-7,9-12,16,21,24-25,28H,8,13-15,17-20H2,1-4H3/t24-,25+/m0/s1. The summed E-state index contributed by atoms with van der Waals surface area (Å²) in [5, 5.41) is 3.64. The number of nitrogens with one attached hydrogen (secondary N) is 1. The smallest absolute Gasteiger partial charge is 0.161 e. The number of rotatable bonds is 13. The van der Waals surface area contributed by atoms with E-state index in [1.165, 1.54) is 11.1 Å². The summed E-state index contributed by atoms with van der Waals surface area (Å²) in [6.07, 6.45) is 2.01. The third-order valence-corrected chi connectivity index (χ3v) is 6.38. The molecule has 0 unspecified atom stereocenters. The van der Waals surface area contributed by atoms with Crippen LogP contribution in [0.1, 0.15) is 31.4 Å². The molecule has 0 aliphatic carbocycles. The Labute approximate surface area is 194 Å². The number of nitrogens with zero attached hydrogens (tertiary/aromatic N) is 1. The molecule has 1 heterocycles. The van der Waals surface area contributed by atoms with Crippen molar-refractivity contribution in [3.8, 4) is 11.5 Å². The highest BCUT2D eigenvalue weighted by molar-refractivity contribution is 5.43. The van der Waals surface area contributed by atoms with Gasteiger partial charge in [-0.05, 0) is 68.5 Å². The minimum absolute atomic E-state index is 0.473. The third kappa shape index (κ3) is 7.22. The molecular formula is C27H40N2O3. The zero-order valence-corrected chi connectivity index (χ0v) is 20.2. The van der Waals surface area contributed by atoms with Gasteiger partial charge in [-0.3, -0.25) is 4.90 Å². The van der Waals surface area contributed by atoms with Gasteiger partial charge in [-0.25, -0.2) is 0 Å². The van der Waals surface area contributed by atoms with Crippen LogP contribution >= 0.6 is 0 Å². The number of ether oxygens (including phenoxy) is 3. The Kier molecular flexibility index (Phi) is 9.85. The SMILES string of the molecule is COCCCOc1cc(CN(C[C@H]2CNC[C@@H]2Cc2ccccc2)C(C)C)ccc1OC. The van der Waals surface area contributed by atoms with E-state index in [0.717, 1.165) is 50.5 Å². The third-order valence-electron chi connectivity index (χ3n) is 6.38. The molecule has 3 rings (SSSR count). The van der Waals surface area contributed by atoms with Crippen LogP contribution in [0.4, 0.5) is 0 Å². The molecule has 0 spiro atoms. The van der Waals surface area contributed by atoms with E-state index in [4.69, 9.17) is 14.2 Å². The molecule has 1 aliphatic rings. The highest BCUT2D eigenvalue weighted by atomic mass is 16.5. The molecule has 2 aromatic rings. The lowest BCUT2D eigenvalue weighted by molar-refractivity contribution is 0.165. The first-order valence-electron chi connectivity index (χ1n) is 11.9. The summed E-state index contributed by atoms with van der Waals surface area (Å²) in [6.45, 7) is 10.1. The van der Waals surface area contributed by atoms with E-state index in [0.29, 0.717) is 31.1 Å². The first-order chi connectivity index (χ1) is 15.6. The van der Waals surface area contributed by atoms with E-state index in [1.54, 1.807) is 14.2 Å². The highest BCUT2D eigenvalue weighted by Gasteiger charge is 2.29. The molecule has 0 amide bonds. The number of benzene rings is 2. The molecule has 1 N–H and O–H groups in total. The molecule has 176 valence electrons. The monoisotopic (exact) mass is 440 g/mol. The van der Waals surface area contributed by atoms with Gasteiger partial charge < -0.3 is 19.5 Å². The van der Waals surface area contributed by atoms with Crippen molar-refractivity contribution < 1.29 is 14.2 Å². The van der Waals surface area contributed by atoms with E-state index in [1.807, 2.05) is 6.07 Å². The first kappa shape index (κ1) is 24.6. The van der Waals surface area contributed by atoms with E-state index in [-0.39, 0.29) is 0 Å². The molecule has 5 nitrogen and oxygen atoms in total. The van der Waals surface area contributed by atoms with E-state index in [9.17, 15) is 0 Å². The van der Waals surface area contributed by atoms with Gasteiger partial charge in [-0.1, -0.05) is 36.4 Å². The number of hydrogen-bond acceptors (Lipinski definition) is 5. The lowest BCUT2D eigenvalue weighted by Gasteiger charge is -2.31. The summed E-state index contributed by atoms with van der Waals surface area (Å²) in [5.74, 6) is 2.93. The van der Waals surface area contributed by atoms with Crippen LogP contribution < -0.4 is 14.8 Å². The lowest BCUT2D eigenvalue weighted by Crippen LogP contribution is -2.37. The van der Waals surface area contributed by atoms with Crippen molar-refractivity contribution in [2.45, 2.75) is 39.3 Å². The van der Waals surface area contributed by atoms with Gasteiger partial charge >= 0.3 is 0 Å². The molecule has 1 fully saturated rings. The van der Waals surface area contributed by atoms with Crippen LogP contribution in [0.25, 0.3) is 0 Å². The van der Waals surface area contributed by atoms with Crippen molar-refractivity contribution in [3.05, 3.63) is 59.7 Å². The molecule has 2 aromatic carbocycles. The molecular weight excluding hydrogens is 400 g/mol. The fourth-order valence-electron chi connectivity index (χ4n) is 4.47. The summed E-state index contributed by atoms with van der Waals surface area (Å²) in [4.78, 5) is 2.59. The second-order valence-electron chi connectivity index (χ2n) is 9.07. The van der Waals surface area contributed by atoms with Crippen LogP contribution in [-0.4, -0.2) is 58.0 Å². The summed E-state index contributed by atoms with van der Waals surface area (Å²) in [5.41, 5.74) is 2.69. The molecule has 1 aliphatic heterocycles. The molecule has 0 radical (unpaired) electrons. The fourth-order valence-corrected chi connectivity index (χ4v) is 4.47. The summed E-state index contributed by atoms with van der Waals surface area (Å²) >= 11 is 0. The van der Waals surface area contributed by atoms with E-state index >= 15 is 0 Å². The maximum Gasteiger partial charge on any atom is 0.161 e. The molecule has 0 saturated carbocycles. The molecule has 1 saturated heterocycles. The van der Waals surface area contributed by atoms with Gasteiger partial charge in [0, 0.05) is 39.3 Å². The van der Waals surface area contributed by atoms with Gasteiger partial charge in [-0.2, -0.15) is 0 Å². The van der Waals surface area contributed by atoms with Gasteiger partial charge in [0.05, 0.1) is 13.7 Å². The highest BCUT2D eigenvalue weighted by Crippen LogP contribution is 2.30. The van der Waals surface area contributed by atoms with Crippen molar-refractivity contribution >= 4 is 0 Å². The predicted octanol–water partition coefficient (Wildman–Crippen LogP) is 4.40. The van der Waals surface area contributed by atoms with E-state index < -0.39 is 0 Å². The van der Waals surface area contributed by atoms with Crippen LogP contribution in [0.3, 0.4) is 0 Å². The summed E-state index contributed by atoms with van der Waals surface area (Å²) < 4.78 is 16.6. The van der Waals surface area contributed by atoms with E-state index in [2.05, 4.69) is 66.5 Å². The first-order valence-corrected chi connectivity index (χ1v) is 11.9. The molecule has 5 heteroatoms. The second-order valence-corrected chi connectivity index (χ2v) is 9.07. The second kappa shape index (κ2) is 12.8. The molecule has 0 aromatic heterocycles. The Hall–Kier alpha value is -2.08. The average Bonchev–Trinajstić information content (AvgIpc) is 3.23. The zero-order valence-electron chi connectivity index (χ0n) is 20.2. The Morgan fingerprint density at radius 3 is 2.44 bits per heavy atom. The van der Waals surface area contributed by atoms with Crippen LogP contribution in [0.2, 0.25) is 0 Å². The average molecular weight is 441 g/mol. The van der Waals surface area contributed by atoms with Gasteiger partial charge in [0.2, 0.25) is 0 Å². The molecule has 2 atom stereocenters. The molecule has 0 bridgehead atoms. The lowest BCUT2D eigenvalue weighted by atomic mass is 9.89. The van der Waals surface area contributed by atoms with Gasteiger partial charge in [0.15, 0.2) is 11.5 Å². The van der Waals surface area contributed by atoms with Crippen molar-refractivity contribution in [1.82, 2.24) is 10.2 Å². The summed E-state index contributed by atoms with van der Waals surface area (Å²) in [6, 6.07) is 17.7. The predicted molar refractivity (Wildman–Crippen MR) is 131 cm³/mol. The van der Waals surface area contributed by atoms with Crippen molar-refractivity contribution in [2.75, 3.05) is 47.1 Å². The summed E-state index contributed by atoms with van der Waals surface area (Å²) in [7, 11) is 3.41. The number of hydrogen-bond donors (Lipinski definition) is 1. The Morgan fingerprint density at radius 1 is 0.938 bits per heavy atom. The fraction of sp³-hybridized carbons (Fsp3) is 0.556. The van der Waals surface area contributed by atoms with Gasteiger partial charge in [0.1, 0.15) is 0 Å². The van der Waals surface area contributed by atoms with Crippen LogP contribution in [0.15, 0.2) is 48.5 Å². The van der Waals surface area contributed by atoms with Crippen LogP contribution in [-0.2, 0) is 17.7 Å². The topological polar surface area (TPSA) is 43.0 Å². The number of methoxy groups -OCH3 is 2.